The van der Waals surface area contributed by atoms with Gasteiger partial charge in [-0.15, -0.1) is 11.3 Å². The van der Waals surface area contributed by atoms with E-state index in [1.807, 2.05) is 6.07 Å². The molecule has 16 heavy (non-hydrogen) atoms. The molecule has 0 saturated carbocycles. The van der Waals surface area contributed by atoms with Gasteiger partial charge in [-0.25, -0.2) is 0 Å². The third kappa shape index (κ3) is 2.97. The van der Waals surface area contributed by atoms with E-state index < -0.39 is 0 Å². The molecule has 0 spiro atoms. The topological polar surface area (TPSA) is 12.0 Å². The first kappa shape index (κ1) is 11.0. The maximum Gasteiger partial charge on any atom is 0.0481 e. The first-order valence-corrected chi connectivity index (χ1v) is 6.29. The van der Waals surface area contributed by atoms with E-state index in [9.17, 15) is 0 Å². The number of nitrogens with one attached hydrogen (secondary N) is 1. The fraction of sp³-hybridized carbons (Fsp3) is 0.143. The fourth-order valence-electron chi connectivity index (χ4n) is 1.47. The Labute approximate surface area is 100 Å². The zero-order valence-electron chi connectivity index (χ0n) is 9.31. The molecule has 0 atom stereocenters. The number of aryl methyl sites for hydroxylation is 1. The van der Waals surface area contributed by atoms with Crippen molar-refractivity contribution in [3.63, 3.8) is 0 Å². The van der Waals surface area contributed by atoms with Gasteiger partial charge in [-0.2, -0.15) is 0 Å². The molecule has 0 fully saturated rings. The van der Waals surface area contributed by atoms with E-state index >= 15 is 0 Å². The standard InChI is InChI=1S/C14H15NS/c1-12-10-16-11-14(12)15-9-5-8-13-6-3-2-4-7-13/h2-8,10-11,15H,9H2,1H3/b8-5+. The highest BCUT2D eigenvalue weighted by atomic mass is 32.1. The van der Waals surface area contributed by atoms with Gasteiger partial charge >= 0.3 is 0 Å². The highest BCUT2D eigenvalue weighted by molar-refractivity contribution is 7.08. The number of hydrogen-bond donors (Lipinski definition) is 1. The summed E-state index contributed by atoms with van der Waals surface area (Å²) in [5, 5.41) is 7.69. The number of thiophene rings is 1. The molecule has 0 amide bonds. The first-order valence-electron chi connectivity index (χ1n) is 5.34. The molecule has 1 aromatic heterocycles. The quantitative estimate of drug-likeness (QED) is 0.829. The van der Waals surface area contributed by atoms with E-state index in [0.29, 0.717) is 0 Å². The number of hydrogen-bond acceptors (Lipinski definition) is 2. The van der Waals surface area contributed by atoms with Gasteiger partial charge in [0.05, 0.1) is 0 Å². The third-order valence-corrected chi connectivity index (χ3v) is 3.24. The molecular formula is C14H15NS. The summed E-state index contributed by atoms with van der Waals surface area (Å²) in [6.45, 7) is 2.99. The van der Waals surface area contributed by atoms with Crippen LogP contribution >= 0.6 is 11.3 Å². The van der Waals surface area contributed by atoms with Crippen LogP contribution in [0.5, 0.6) is 0 Å². The molecule has 2 heteroatoms. The summed E-state index contributed by atoms with van der Waals surface area (Å²) >= 11 is 1.73. The largest absolute Gasteiger partial charge is 0.381 e. The normalized spacial score (nSPS) is 10.8. The van der Waals surface area contributed by atoms with Crippen molar-refractivity contribution in [3.05, 3.63) is 58.3 Å². The molecule has 0 aliphatic carbocycles. The number of rotatable bonds is 4. The van der Waals surface area contributed by atoms with Gasteiger partial charge in [0.2, 0.25) is 0 Å². The van der Waals surface area contributed by atoms with Crippen molar-refractivity contribution in [3.8, 4) is 0 Å². The molecule has 0 aliphatic heterocycles. The Kier molecular flexibility index (Phi) is 3.78. The highest BCUT2D eigenvalue weighted by Crippen LogP contribution is 2.18. The molecule has 1 nitrogen and oxygen atoms in total. The average Bonchev–Trinajstić information content (AvgIpc) is 2.72. The summed E-state index contributed by atoms with van der Waals surface area (Å²) in [4.78, 5) is 0. The zero-order valence-corrected chi connectivity index (χ0v) is 10.1. The van der Waals surface area contributed by atoms with Crippen LogP contribution in [0.15, 0.2) is 47.2 Å². The minimum Gasteiger partial charge on any atom is -0.381 e. The highest BCUT2D eigenvalue weighted by Gasteiger charge is 1.94. The Bertz CT molecular complexity index is 457. The molecule has 0 saturated heterocycles. The van der Waals surface area contributed by atoms with Crippen LogP contribution in [-0.2, 0) is 0 Å². The number of anilines is 1. The van der Waals surface area contributed by atoms with Gasteiger partial charge in [-0.1, -0.05) is 42.5 Å². The van der Waals surface area contributed by atoms with Crippen LogP contribution in [0.3, 0.4) is 0 Å². The minimum absolute atomic E-state index is 0.868. The number of benzene rings is 1. The minimum atomic E-state index is 0.868. The predicted octanol–water partition coefficient (Wildman–Crippen LogP) is 4.18. The molecule has 0 aliphatic rings. The van der Waals surface area contributed by atoms with E-state index in [2.05, 4.69) is 59.4 Å². The molecule has 2 rings (SSSR count). The summed E-state index contributed by atoms with van der Waals surface area (Å²) in [6, 6.07) is 10.3. The lowest BCUT2D eigenvalue weighted by Crippen LogP contribution is -1.97. The van der Waals surface area contributed by atoms with Gasteiger partial charge in [-0.3, -0.25) is 0 Å². The van der Waals surface area contributed by atoms with E-state index in [1.54, 1.807) is 11.3 Å². The van der Waals surface area contributed by atoms with Crippen molar-refractivity contribution in [2.24, 2.45) is 0 Å². The Morgan fingerprint density at radius 1 is 1.19 bits per heavy atom. The Hall–Kier alpha value is -1.54. The van der Waals surface area contributed by atoms with Crippen LogP contribution in [0.4, 0.5) is 5.69 Å². The van der Waals surface area contributed by atoms with Crippen molar-refractivity contribution >= 4 is 23.1 Å². The maximum absolute atomic E-state index is 3.39. The van der Waals surface area contributed by atoms with Gasteiger partial charge in [-0.05, 0) is 23.4 Å². The van der Waals surface area contributed by atoms with E-state index in [4.69, 9.17) is 0 Å². The molecule has 0 radical (unpaired) electrons. The molecule has 1 heterocycles. The summed E-state index contributed by atoms with van der Waals surface area (Å²) < 4.78 is 0. The molecule has 82 valence electrons. The smallest absolute Gasteiger partial charge is 0.0481 e. The molecule has 1 N–H and O–H groups in total. The average molecular weight is 229 g/mol. The molecule has 0 unspecified atom stereocenters. The van der Waals surface area contributed by atoms with Crippen LogP contribution in [-0.4, -0.2) is 6.54 Å². The molecule has 1 aromatic carbocycles. The summed E-state index contributed by atoms with van der Waals surface area (Å²) in [5.74, 6) is 0. The zero-order chi connectivity index (χ0) is 11.2. The molecule has 2 aromatic rings. The van der Waals surface area contributed by atoms with Crippen molar-refractivity contribution in [2.45, 2.75) is 6.92 Å². The maximum atomic E-state index is 3.39. The summed E-state index contributed by atoms with van der Waals surface area (Å²) in [5.41, 5.74) is 3.80. The van der Waals surface area contributed by atoms with Crippen LogP contribution in [0.25, 0.3) is 6.08 Å². The van der Waals surface area contributed by atoms with Gasteiger partial charge in [0.15, 0.2) is 0 Å². The predicted molar refractivity (Wildman–Crippen MR) is 73.0 cm³/mol. The Balaban J connectivity index is 1.85. The lowest BCUT2D eigenvalue weighted by Gasteiger charge is -2.00. The Morgan fingerprint density at radius 3 is 2.69 bits per heavy atom. The monoisotopic (exact) mass is 229 g/mol. The van der Waals surface area contributed by atoms with Crippen molar-refractivity contribution in [1.82, 2.24) is 0 Å². The van der Waals surface area contributed by atoms with Gasteiger partial charge in [0.25, 0.3) is 0 Å². The Morgan fingerprint density at radius 2 is 2.00 bits per heavy atom. The second-order valence-electron chi connectivity index (χ2n) is 3.66. The van der Waals surface area contributed by atoms with Gasteiger partial charge in [0, 0.05) is 17.6 Å². The van der Waals surface area contributed by atoms with E-state index in [-0.39, 0.29) is 0 Å². The fourth-order valence-corrected chi connectivity index (χ4v) is 2.27. The van der Waals surface area contributed by atoms with Gasteiger partial charge in [0.1, 0.15) is 0 Å². The third-order valence-electron chi connectivity index (χ3n) is 2.38. The SMILES string of the molecule is Cc1cscc1NC/C=C/c1ccccc1. The lowest BCUT2D eigenvalue weighted by atomic mass is 10.2. The van der Waals surface area contributed by atoms with E-state index in [1.165, 1.54) is 16.8 Å². The van der Waals surface area contributed by atoms with Crippen molar-refractivity contribution in [1.29, 1.82) is 0 Å². The van der Waals surface area contributed by atoms with Gasteiger partial charge < -0.3 is 5.32 Å². The summed E-state index contributed by atoms with van der Waals surface area (Å²) in [6.07, 6.45) is 4.28. The van der Waals surface area contributed by atoms with Crippen LogP contribution in [0.2, 0.25) is 0 Å². The van der Waals surface area contributed by atoms with Crippen molar-refractivity contribution in [2.75, 3.05) is 11.9 Å². The van der Waals surface area contributed by atoms with Crippen LogP contribution in [0.1, 0.15) is 11.1 Å². The van der Waals surface area contributed by atoms with Crippen LogP contribution < -0.4 is 5.32 Å². The second-order valence-corrected chi connectivity index (χ2v) is 4.41. The van der Waals surface area contributed by atoms with E-state index in [0.717, 1.165) is 6.54 Å². The summed E-state index contributed by atoms with van der Waals surface area (Å²) in [7, 11) is 0. The molecular weight excluding hydrogens is 214 g/mol. The first-order chi connectivity index (χ1) is 7.86. The molecule has 0 bridgehead atoms. The lowest BCUT2D eigenvalue weighted by molar-refractivity contribution is 1.33. The van der Waals surface area contributed by atoms with Crippen LogP contribution in [0, 0.1) is 6.92 Å². The second kappa shape index (κ2) is 5.52. The van der Waals surface area contributed by atoms with Crippen molar-refractivity contribution < 1.29 is 0 Å².